The molecule has 2 rings (SSSR count). The summed E-state index contributed by atoms with van der Waals surface area (Å²) in [7, 11) is 0. The van der Waals surface area contributed by atoms with Crippen molar-refractivity contribution in [3.8, 4) is 11.8 Å². The first-order valence-corrected chi connectivity index (χ1v) is 7.77. The van der Waals surface area contributed by atoms with Crippen LogP contribution in [0.2, 0.25) is 10.0 Å². The number of carbonyl (C=O) groups excluding carboxylic acids is 2. The van der Waals surface area contributed by atoms with Crippen LogP contribution in [0.4, 0.5) is 5.69 Å². The molecule has 1 N–H and O–H groups in total. The summed E-state index contributed by atoms with van der Waals surface area (Å²) >= 11 is 11.6. The van der Waals surface area contributed by atoms with Crippen molar-refractivity contribution in [2.75, 3.05) is 18.5 Å². The molecule has 0 aromatic heterocycles. The first-order valence-electron chi connectivity index (χ1n) is 7.01. The van der Waals surface area contributed by atoms with Crippen molar-refractivity contribution in [1.29, 1.82) is 5.26 Å². The van der Waals surface area contributed by atoms with Gasteiger partial charge in [-0.2, -0.15) is 5.26 Å². The van der Waals surface area contributed by atoms with Gasteiger partial charge in [0, 0.05) is 5.69 Å². The van der Waals surface area contributed by atoms with Crippen LogP contribution in [0.5, 0.6) is 5.75 Å². The lowest BCUT2D eigenvalue weighted by atomic mass is 10.2. The molecule has 0 fully saturated rings. The fourth-order valence-electron chi connectivity index (χ4n) is 1.73. The molecule has 2 aromatic carbocycles. The van der Waals surface area contributed by atoms with Crippen molar-refractivity contribution in [1.82, 2.24) is 0 Å². The Balaban J connectivity index is 1.74. The SMILES string of the molecule is N#Cc1ccc(OCC(=O)OCC(=O)Nc2ccc(Cl)c(Cl)c2)cc1. The lowest BCUT2D eigenvalue weighted by molar-refractivity contribution is -0.149. The van der Waals surface area contributed by atoms with Gasteiger partial charge < -0.3 is 14.8 Å². The summed E-state index contributed by atoms with van der Waals surface area (Å²) in [5.41, 5.74) is 0.915. The molecule has 0 aliphatic carbocycles. The van der Waals surface area contributed by atoms with Gasteiger partial charge in [0.15, 0.2) is 13.2 Å². The van der Waals surface area contributed by atoms with Crippen molar-refractivity contribution >= 4 is 40.8 Å². The van der Waals surface area contributed by atoms with E-state index < -0.39 is 18.5 Å². The maximum absolute atomic E-state index is 11.7. The highest BCUT2D eigenvalue weighted by Crippen LogP contribution is 2.24. The second kappa shape index (κ2) is 8.92. The van der Waals surface area contributed by atoms with Crippen LogP contribution in [0.3, 0.4) is 0 Å². The zero-order valence-electron chi connectivity index (χ0n) is 12.8. The highest BCUT2D eigenvalue weighted by molar-refractivity contribution is 6.42. The zero-order valence-corrected chi connectivity index (χ0v) is 14.3. The minimum atomic E-state index is -0.700. The highest BCUT2D eigenvalue weighted by atomic mass is 35.5. The number of esters is 1. The van der Waals surface area contributed by atoms with E-state index in [1.807, 2.05) is 6.07 Å². The molecule has 0 unspecified atom stereocenters. The average Bonchev–Trinajstić information content (AvgIpc) is 2.61. The van der Waals surface area contributed by atoms with Crippen LogP contribution in [0.1, 0.15) is 5.56 Å². The Labute approximate surface area is 153 Å². The first kappa shape index (κ1) is 18.6. The van der Waals surface area contributed by atoms with Crippen LogP contribution in [-0.2, 0) is 14.3 Å². The van der Waals surface area contributed by atoms with Gasteiger partial charge in [-0.3, -0.25) is 4.79 Å². The summed E-state index contributed by atoms with van der Waals surface area (Å²) in [6, 6.07) is 12.8. The monoisotopic (exact) mass is 378 g/mol. The molecule has 8 heteroatoms. The number of nitrogens with one attached hydrogen (secondary N) is 1. The molecule has 0 radical (unpaired) electrons. The van der Waals surface area contributed by atoms with Gasteiger partial charge in [-0.1, -0.05) is 23.2 Å². The van der Waals surface area contributed by atoms with Gasteiger partial charge in [0.1, 0.15) is 5.75 Å². The number of benzene rings is 2. The van der Waals surface area contributed by atoms with Gasteiger partial charge in [0.05, 0.1) is 21.7 Å². The molecule has 6 nitrogen and oxygen atoms in total. The van der Waals surface area contributed by atoms with Gasteiger partial charge in [0.25, 0.3) is 5.91 Å². The predicted molar refractivity (Wildman–Crippen MR) is 92.7 cm³/mol. The molecule has 1 amide bonds. The minimum Gasteiger partial charge on any atom is -0.482 e. The third-order valence-corrected chi connectivity index (χ3v) is 3.65. The normalized spacial score (nSPS) is 9.80. The van der Waals surface area contributed by atoms with E-state index in [9.17, 15) is 9.59 Å². The highest BCUT2D eigenvalue weighted by Gasteiger charge is 2.10. The molecular weight excluding hydrogens is 367 g/mol. The number of hydrogen-bond acceptors (Lipinski definition) is 5. The number of carbonyl (C=O) groups is 2. The smallest absolute Gasteiger partial charge is 0.344 e. The number of amides is 1. The fourth-order valence-corrected chi connectivity index (χ4v) is 2.02. The van der Waals surface area contributed by atoms with E-state index in [0.29, 0.717) is 27.0 Å². The summed E-state index contributed by atoms with van der Waals surface area (Å²) in [5.74, 6) is -0.810. The van der Waals surface area contributed by atoms with Gasteiger partial charge >= 0.3 is 5.97 Å². The Morgan fingerprint density at radius 1 is 1.04 bits per heavy atom. The molecule has 0 heterocycles. The molecule has 0 aliphatic rings. The Hall–Kier alpha value is -2.75. The van der Waals surface area contributed by atoms with Crippen molar-refractivity contribution in [2.45, 2.75) is 0 Å². The standard InChI is InChI=1S/C17H12Cl2N2O4/c18-14-6-3-12(7-15(14)19)21-16(22)9-25-17(23)10-24-13-4-1-11(8-20)2-5-13/h1-7H,9-10H2,(H,21,22). The van der Waals surface area contributed by atoms with E-state index in [0.717, 1.165) is 0 Å². The van der Waals surface area contributed by atoms with Crippen LogP contribution in [0.25, 0.3) is 0 Å². The van der Waals surface area contributed by atoms with Crippen molar-refractivity contribution in [2.24, 2.45) is 0 Å². The molecule has 0 saturated carbocycles. The average molecular weight is 379 g/mol. The Kier molecular flexibility index (Phi) is 6.63. The minimum absolute atomic E-state index is 0.298. The van der Waals surface area contributed by atoms with Gasteiger partial charge in [0.2, 0.25) is 0 Å². The summed E-state index contributed by atoms with van der Waals surface area (Å²) in [6.07, 6.45) is 0. The van der Waals surface area contributed by atoms with E-state index in [-0.39, 0.29) is 6.61 Å². The van der Waals surface area contributed by atoms with Crippen LogP contribution in [0, 0.1) is 11.3 Å². The Morgan fingerprint density at radius 2 is 1.76 bits per heavy atom. The number of anilines is 1. The maximum Gasteiger partial charge on any atom is 0.344 e. The zero-order chi connectivity index (χ0) is 18.2. The third-order valence-electron chi connectivity index (χ3n) is 2.91. The number of rotatable bonds is 6. The summed E-state index contributed by atoms with van der Waals surface area (Å²) in [5, 5.41) is 11.9. The molecule has 0 aliphatic heterocycles. The number of hydrogen-bond donors (Lipinski definition) is 1. The van der Waals surface area contributed by atoms with Crippen LogP contribution < -0.4 is 10.1 Å². The molecular formula is C17H12Cl2N2O4. The molecule has 128 valence electrons. The molecule has 0 saturated heterocycles. The Morgan fingerprint density at radius 3 is 2.40 bits per heavy atom. The van der Waals surface area contributed by atoms with E-state index in [4.69, 9.17) is 37.9 Å². The predicted octanol–water partition coefficient (Wildman–Crippen LogP) is 3.43. The summed E-state index contributed by atoms with van der Waals surface area (Å²) in [6.45, 7) is -0.818. The number of ether oxygens (including phenoxy) is 2. The van der Waals surface area contributed by atoms with Gasteiger partial charge in [-0.15, -0.1) is 0 Å². The quantitative estimate of drug-likeness (QED) is 0.777. The van der Waals surface area contributed by atoms with Gasteiger partial charge in [-0.05, 0) is 42.5 Å². The largest absolute Gasteiger partial charge is 0.482 e. The lowest BCUT2D eigenvalue weighted by Crippen LogP contribution is -2.23. The van der Waals surface area contributed by atoms with Crippen LogP contribution in [-0.4, -0.2) is 25.1 Å². The van der Waals surface area contributed by atoms with E-state index in [1.54, 1.807) is 30.3 Å². The first-order chi connectivity index (χ1) is 12.0. The lowest BCUT2D eigenvalue weighted by Gasteiger charge is -2.08. The number of halogens is 2. The number of nitriles is 1. The molecule has 0 spiro atoms. The van der Waals surface area contributed by atoms with Crippen LogP contribution in [0.15, 0.2) is 42.5 Å². The molecule has 0 atom stereocenters. The molecule has 25 heavy (non-hydrogen) atoms. The third kappa shape index (κ3) is 5.99. The van der Waals surface area contributed by atoms with Crippen molar-refractivity contribution < 1.29 is 19.1 Å². The van der Waals surface area contributed by atoms with Crippen LogP contribution >= 0.6 is 23.2 Å². The van der Waals surface area contributed by atoms with Crippen molar-refractivity contribution in [3.05, 3.63) is 58.1 Å². The maximum atomic E-state index is 11.7. The molecule has 2 aromatic rings. The Bertz CT molecular complexity index is 816. The van der Waals surface area contributed by atoms with E-state index in [2.05, 4.69) is 5.32 Å². The number of nitrogens with zero attached hydrogens (tertiary/aromatic N) is 1. The second-order valence-electron chi connectivity index (χ2n) is 4.76. The van der Waals surface area contributed by atoms with Crippen molar-refractivity contribution in [3.63, 3.8) is 0 Å². The summed E-state index contributed by atoms with van der Waals surface area (Å²) in [4.78, 5) is 23.3. The second-order valence-corrected chi connectivity index (χ2v) is 5.58. The molecule has 0 bridgehead atoms. The topological polar surface area (TPSA) is 88.4 Å². The van der Waals surface area contributed by atoms with Gasteiger partial charge in [-0.25, -0.2) is 4.79 Å². The summed E-state index contributed by atoms with van der Waals surface area (Å²) < 4.78 is 10.0. The fraction of sp³-hybridized carbons (Fsp3) is 0.118. The van der Waals surface area contributed by atoms with E-state index >= 15 is 0 Å². The van der Waals surface area contributed by atoms with E-state index in [1.165, 1.54) is 12.1 Å².